The normalized spacial score (nSPS) is 16.8. The molecule has 0 unspecified atom stereocenters. The van der Waals surface area contributed by atoms with Crippen molar-refractivity contribution >= 4 is 10.1 Å². The minimum absolute atomic E-state index is 1.51. The predicted molar refractivity (Wildman–Crippen MR) is 66.6 cm³/mol. The lowest BCUT2D eigenvalue weighted by Crippen LogP contribution is -2.70. The summed E-state index contributed by atoms with van der Waals surface area (Å²) in [5, 5.41) is 0. The van der Waals surface area contributed by atoms with E-state index in [-0.39, 0.29) is 0 Å². The molecule has 0 radical (unpaired) electrons. The lowest BCUT2D eigenvalue weighted by Gasteiger charge is -2.39. The van der Waals surface area contributed by atoms with Gasteiger partial charge in [0.25, 0.3) is 10.1 Å². The topological polar surface area (TPSA) is 43.4 Å². The molecule has 0 aliphatic carbocycles. The van der Waals surface area contributed by atoms with Gasteiger partial charge in [-0.05, 0) is 0 Å². The summed E-state index contributed by atoms with van der Waals surface area (Å²) >= 11 is 0. The second-order valence-electron chi connectivity index (χ2n) is 6.45. The molecule has 0 saturated carbocycles. The molecule has 0 aromatic rings. The summed E-state index contributed by atoms with van der Waals surface area (Å²) in [6.07, 6.45) is -23.8. The molecule has 3 nitrogen and oxygen atoms in total. The lowest BCUT2D eigenvalue weighted by molar-refractivity contribution is -0.456. The minimum Gasteiger partial charge on any atom is -0.199 e. The van der Waals surface area contributed by atoms with Crippen molar-refractivity contribution in [3.63, 3.8) is 0 Å². The van der Waals surface area contributed by atoms with E-state index in [9.17, 15) is 105 Å². The standard InChI is InChI=1S/C11H2F22O3S/c12-2(13,3(14,15)6(20,21)9(26,27)28)1-37(34,35)36-11(32,33)8(24,25)5(18,19)4(16,17)7(22,23)10(29,30)31/h1H2. The van der Waals surface area contributed by atoms with Crippen molar-refractivity contribution in [2.75, 3.05) is 5.75 Å². The van der Waals surface area contributed by atoms with Gasteiger partial charge in [-0.15, -0.1) is 0 Å². The first kappa shape index (κ1) is 35.4. The molecule has 0 fully saturated rings. The van der Waals surface area contributed by atoms with Crippen LogP contribution in [-0.4, -0.2) is 74.1 Å². The van der Waals surface area contributed by atoms with Crippen LogP contribution in [0.5, 0.6) is 0 Å². The number of alkyl halides is 22. The van der Waals surface area contributed by atoms with Gasteiger partial charge in [0.05, 0.1) is 0 Å². The van der Waals surface area contributed by atoms with E-state index in [2.05, 4.69) is 0 Å². The molecular weight excluding hydrogens is 630 g/mol. The molecule has 26 heteroatoms. The van der Waals surface area contributed by atoms with E-state index in [1.807, 2.05) is 0 Å². The van der Waals surface area contributed by atoms with Crippen molar-refractivity contribution in [1.82, 2.24) is 0 Å². The molecule has 0 aromatic heterocycles. The molecule has 0 N–H and O–H groups in total. The first-order chi connectivity index (χ1) is 15.4. The van der Waals surface area contributed by atoms with Gasteiger partial charge in [-0.2, -0.15) is 109 Å². The summed E-state index contributed by atoms with van der Waals surface area (Å²) in [5.74, 6) is -62.4. The summed E-state index contributed by atoms with van der Waals surface area (Å²) in [6.45, 7) is 0. The van der Waals surface area contributed by atoms with Gasteiger partial charge < -0.3 is 0 Å². The Balaban J connectivity index is 6.51. The van der Waals surface area contributed by atoms with Crippen LogP contribution in [0.25, 0.3) is 0 Å². The zero-order valence-electron chi connectivity index (χ0n) is 15.7. The second kappa shape index (κ2) is 8.69. The van der Waals surface area contributed by atoms with Crippen molar-refractivity contribution in [3.8, 4) is 0 Å². The van der Waals surface area contributed by atoms with Crippen molar-refractivity contribution in [2.45, 2.75) is 59.9 Å². The molecule has 0 aliphatic heterocycles. The molecule has 0 heterocycles. The van der Waals surface area contributed by atoms with Gasteiger partial charge in [0.2, 0.25) is 0 Å². The smallest absolute Gasteiger partial charge is 0.199 e. The van der Waals surface area contributed by atoms with Crippen molar-refractivity contribution in [1.29, 1.82) is 0 Å². The third kappa shape index (κ3) is 5.31. The van der Waals surface area contributed by atoms with E-state index in [4.69, 9.17) is 0 Å². The van der Waals surface area contributed by atoms with Gasteiger partial charge in [-0.1, -0.05) is 0 Å². The summed E-state index contributed by atoms with van der Waals surface area (Å²) in [7, 11) is -7.99. The molecule has 0 spiro atoms. The average Bonchev–Trinajstić information content (AvgIpc) is 2.56. The average molecular weight is 632 g/mol. The molecule has 37 heavy (non-hydrogen) atoms. The summed E-state index contributed by atoms with van der Waals surface area (Å²) < 4.78 is 303. The van der Waals surface area contributed by atoms with Gasteiger partial charge in [0, 0.05) is 0 Å². The van der Waals surface area contributed by atoms with Crippen LogP contribution in [0.1, 0.15) is 0 Å². The maximum Gasteiger partial charge on any atom is 0.460 e. The highest BCUT2D eigenvalue weighted by atomic mass is 32.2. The zero-order chi connectivity index (χ0) is 30.9. The Hall–Kier alpha value is -1.63. The number of hydrogen-bond acceptors (Lipinski definition) is 3. The third-order valence-corrected chi connectivity index (χ3v) is 4.88. The Morgan fingerprint density at radius 3 is 0.973 bits per heavy atom. The van der Waals surface area contributed by atoms with E-state index >= 15 is 0 Å². The van der Waals surface area contributed by atoms with E-state index in [1.165, 1.54) is 4.18 Å². The predicted octanol–water partition coefficient (Wildman–Crippen LogP) is 6.50. The largest absolute Gasteiger partial charge is 0.460 e. The van der Waals surface area contributed by atoms with E-state index in [1.54, 1.807) is 0 Å². The van der Waals surface area contributed by atoms with Crippen LogP contribution >= 0.6 is 0 Å². The molecule has 0 bridgehead atoms. The van der Waals surface area contributed by atoms with Crippen LogP contribution in [0.15, 0.2) is 0 Å². The van der Waals surface area contributed by atoms with Gasteiger partial charge >= 0.3 is 59.9 Å². The van der Waals surface area contributed by atoms with Crippen LogP contribution in [0.4, 0.5) is 96.6 Å². The monoisotopic (exact) mass is 632 g/mol. The van der Waals surface area contributed by atoms with Crippen LogP contribution in [0, 0.1) is 0 Å². The molecule has 0 saturated heterocycles. The van der Waals surface area contributed by atoms with Crippen molar-refractivity contribution in [2.24, 2.45) is 0 Å². The summed E-state index contributed by atoms with van der Waals surface area (Å²) in [6, 6.07) is 0. The van der Waals surface area contributed by atoms with E-state index < -0.39 is 75.8 Å². The van der Waals surface area contributed by atoms with Gasteiger partial charge in [0.15, 0.2) is 0 Å². The maximum absolute atomic E-state index is 13.3. The molecule has 224 valence electrons. The van der Waals surface area contributed by atoms with E-state index in [0.29, 0.717) is 0 Å². The molecule has 0 atom stereocenters. The quantitative estimate of drug-likeness (QED) is 0.204. The van der Waals surface area contributed by atoms with Gasteiger partial charge in [-0.3, -0.25) is 0 Å². The molecule has 0 aromatic carbocycles. The van der Waals surface area contributed by atoms with Crippen molar-refractivity contribution < 1.29 is 109 Å². The number of rotatable bonds is 10. The van der Waals surface area contributed by atoms with E-state index in [0.717, 1.165) is 0 Å². The van der Waals surface area contributed by atoms with Crippen LogP contribution in [0.2, 0.25) is 0 Å². The summed E-state index contributed by atoms with van der Waals surface area (Å²) in [4.78, 5) is 0. The molecule has 0 rings (SSSR count). The Morgan fingerprint density at radius 2 is 0.676 bits per heavy atom. The lowest BCUT2D eigenvalue weighted by atomic mass is 9.97. The molecule has 0 aliphatic rings. The van der Waals surface area contributed by atoms with Crippen LogP contribution < -0.4 is 0 Å². The fourth-order valence-electron chi connectivity index (χ4n) is 1.72. The van der Waals surface area contributed by atoms with Crippen molar-refractivity contribution in [3.05, 3.63) is 0 Å². The number of halogens is 22. The Kier molecular flexibility index (Phi) is 8.31. The number of hydrogen-bond donors (Lipinski definition) is 0. The van der Waals surface area contributed by atoms with Gasteiger partial charge in [-0.25, -0.2) is 0 Å². The van der Waals surface area contributed by atoms with Gasteiger partial charge in [0.1, 0.15) is 5.75 Å². The Bertz CT molecular complexity index is 940. The SMILES string of the molecule is O=S(=O)(CC(F)(F)C(F)(F)C(F)(F)C(F)(F)F)OC(F)(F)C(F)(F)C(F)(F)C(F)(F)C(F)(F)C(F)(F)F. The first-order valence-corrected chi connectivity index (χ1v) is 9.08. The van der Waals surface area contributed by atoms with Crippen LogP contribution in [0.3, 0.4) is 0 Å². The maximum atomic E-state index is 13.3. The summed E-state index contributed by atoms with van der Waals surface area (Å²) in [5.41, 5.74) is 0. The second-order valence-corrected chi connectivity index (χ2v) is 8.02. The highest BCUT2D eigenvalue weighted by Crippen LogP contribution is 2.61. The molecule has 0 amide bonds. The highest BCUT2D eigenvalue weighted by Gasteiger charge is 2.92. The first-order valence-electron chi connectivity index (χ1n) is 7.50. The van der Waals surface area contributed by atoms with Crippen LogP contribution in [-0.2, 0) is 14.3 Å². The Morgan fingerprint density at radius 1 is 0.405 bits per heavy atom. The fourth-order valence-corrected chi connectivity index (χ4v) is 2.82. The zero-order valence-corrected chi connectivity index (χ0v) is 16.5. The fraction of sp³-hybridized carbons (Fsp3) is 1.00. The Labute approximate surface area is 186 Å². The third-order valence-electron chi connectivity index (χ3n) is 3.70. The molecular formula is C11H2F22O3S. The minimum atomic E-state index is -8.76. The highest BCUT2D eigenvalue weighted by molar-refractivity contribution is 7.86.